The number of amides is 1. The molecule has 0 radical (unpaired) electrons. The van der Waals surface area contributed by atoms with Crippen LogP contribution in [-0.4, -0.2) is 33.2 Å². The molecule has 9 heteroatoms. The SMILES string of the molecule is CCOC(=O)c1cnn(-c2ccc(NC(=O)c3cccc(C)c3[N+](=O)[O-])cc2)c1C. The smallest absolute Gasteiger partial charge is 0.341 e. The van der Waals surface area contributed by atoms with Crippen LogP contribution in [0.15, 0.2) is 48.7 Å². The van der Waals surface area contributed by atoms with Gasteiger partial charge in [0.2, 0.25) is 0 Å². The third kappa shape index (κ3) is 4.04. The molecule has 1 heterocycles. The van der Waals surface area contributed by atoms with Crippen LogP contribution in [0.4, 0.5) is 11.4 Å². The highest BCUT2D eigenvalue weighted by Crippen LogP contribution is 2.24. The van der Waals surface area contributed by atoms with E-state index in [0.29, 0.717) is 28.2 Å². The molecule has 1 aromatic heterocycles. The number of hydrogen-bond acceptors (Lipinski definition) is 6. The van der Waals surface area contributed by atoms with Gasteiger partial charge >= 0.3 is 5.97 Å². The van der Waals surface area contributed by atoms with Gasteiger partial charge < -0.3 is 10.1 Å². The van der Waals surface area contributed by atoms with Crippen molar-refractivity contribution in [2.75, 3.05) is 11.9 Å². The van der Waals surface area contributed by atoms with Crippen molar-refractivity contribution in [3.8, 4) is 5.69 Å². The van der Waals surface area contributed by atoms with E-state index in [1.54, 1.807) is 61.9 Å². The summed E-state index contributed by atoms with van der Waals surface area (Å²) >= 11 is 0. The molecule has 3 aromatic rings. The number of ether oxygens (including phenoxy) is 1. The predicted molar refractivity (Wildman–Crippen MR) is 110 cm³/mol. The molecule has 1 N–H and O–H groups in total. The van der Waals surface area contributed by atoms with Crippen molar-refractivity contribution in [2.45, 2.75) is 20.8 Å². The maximum Gasteiger partial charge on any atom is 0.341 e. The number of nitro benzene ring substituents is 1. The first-order valence-electron chi connectivity index (χ1n) is 9.21. The van der Waals surface area contributed by atoms with E-state index < -0.39 is 16.8 Å². The quantitative estimate of drug-likeness (QED) is 0.376. The molecule has 0 aliphatic heterocycles. The second-order valence-corrected chi connectivity index (χ2v) is 6.51. The number of carbonyl (C=O) groups excluding carboxylic acids is 2. The lowest BCUT2D eigenvalue weighted by atomic mass is 10.1. The van der Waals surface area contributed by atoms with Crippen molar-refractivity contribution in [3.63, 3.8) is 0 Å². The van der Waals surface area contributed by atoms with Gasteiger partial charge in [-0.2, -0.15) is 5.10 Å². The fourth-order valence-electron chi connectivity index (χ4n) is 3.05. The lowest BCUT2D eigenvalue weighted by Crippen LogP contribution is -2.14. The number of rotatable bonds is 6. The number of para-hydroxylation sites is 1. The van der Waals surface area contributed by atoms with Crippen LogP contribution in [0.1, 0.15) is 38.9 Å². The molecule has 0 fully saturated rings. The molecule has 154 valence electrons. The monoisotopic (exact) mass is 408 g/mol. The Labute approximate surface area is 172 Å². The Kier molecular flexibility index (Phi) is 5.91. The van der Waals surface area contributed by atoms with Gasteiger partial charge in [0.25, 0.3) is 11.6 Å². The van der Waals surface area contributed by atoms with Crippen LogP contribution in [0.2, 0.25) is 0 Å². The number of hydrogen-bond donors (Lipinski definition) is 1. The van der Waals surface area contributed by atoms with Gasteiger partial charge in [0.15, 0.2) is 0 Å². The number of nitrogens with one attached hydrogen (secondary N) is 1. The molecule has 2 aromatic carbocycles. The summed E-state index contributed by atoms with van der Waals surface area (Å²) in [5.41, 5.74) is 2.34. The van der Waals surface area contributed by atoms with E-state index in [0.717, 1.165) is 0 Å². The molecule has 30 heavy (non-hydrogen) atoms. The predicted octanol–water partition coefficient (Wildman–Crippen LogP) is 3.83. The molecule has 0 aliphatic carbocycles. The van der Waals surface area contributed by atoms with Gasteiger partial charge in [-0.1, -0.05) is 12.1 Å². The summed E-state index contributed by atoms with van der Waals surface area (Å²) in [5, 5.41) is 18.2. The lowest BCUT2D eigenvalue weighted by molar-refractivity contribution is -0.385. The Hall–Kier alpha value is -4.01. The van der Waals surface area contributed by atoms with E-state index in [4.69, 9.17) is 4.74 Å². The van der Waals surface area contributed by atoms with Crippen LogP contribution < -0.4 is 5.32 Å². The van der Waals surface area contributed by atoms with Gasteiger partial charge in [0.1, 0.15) is 11.1 Å². The van der Waals surface area contributed by atoms with Crippen LogP contribution >= 0.6 is 0 Å². The minimum Gasteiger partial charge on any atom is -0.462 e. The van der Waals surface area contributed by atoms with Crippen molar-refractivity contribution in [3.05, 3.63) is 81.2 Å². The largest absolute Gasteiger partial charge is 0.462 e. The van der Waals surface area contributed by atoms with Gasteiger partial charge in [-0.3, -0.25) is 14.9 Å². The summed E-state index contributed by atoms with van der Waals surface area (Å²) in [5.74, 6) is -1.01. The molecule has 0 spiro atoms. The fraction of sp³-hybridized carbons (Fsp3) is 0.190. The van der Waals surface area contributed by atoms with Gasteiger partial charge in [-0.15, -0.1) is 0 Å². The number of anilines is 1. The third-order valence-electron chi connectivity index (χ3n) is 4.54. The zero-order chi connectivity index (χ0) is 21.8. The number of carbonyl (C=O) groups is 2. The Morgan fingerprint density at radius 1 is 1.13 bits per heavy atom. The number of benzene rings is 2. The first-order valence-corrected chi connectivity index (χ1v) is 9.21. The standard InChI is InChI=1S/C21H20N4O5/c1-4-30-21(27)18-12-22-24(14(18)3)16-10-8-15(9-11-16)23-20(26)17-7-5-6-13(2)19(17)25(28)29/h5-12H,4H2,1-3H3,(H,23,26). The van der Waals surface area contributed by atoms with Crippen LogP contribution in [0.3, 0.4) is 0 Å². The fourth-order valence-corrected chi connectivity index (χ4v) is 3.05. The summed E-state index contributed by atoms with van der Waals surface area (Å²) in [6.07, 6.45) is 1.44. The molecular formula is C21H20N4O5. The number of aromatic nitrogens is 2. The zero-order valence-corrected chi connectivity index (χ0v) is 16.7. The molecule has 0 atom stereocenters. The second-order valence-electron chi connectivity index (χ2n) is 6.51. The molecule has 0 unspecified atom stereocenters. The Balaban J connectivity index is 1.81. The van der Waals surface area contributed by atoms with Gasteiger partial charge in [0, 0.05) is 11.3 Å². The van der Waals surface area contributed by atoms with E-state index in [1.807, 2.05) is 0 Å². The first kappa shape index (κ1) is 20.7. The molecule has 9 nitrogen and oxygen atoms in total. The van der Waals surface area contributed by atoms with Crippen molar-refractivity contribution in [1.82, 2.24) is 9.78 Å². The van der Waals surface area contributed by atoms with E-state index in [1.165, 1.54) is 12.3 Å². The summed E-state index contributed by atoms with van der Waals surface area (Å²) in [6, 6.07) is 11.3. The molecule has 1 amide bonds. The van der Waals surface area contributed by atoms with Crippen molar-refractivity contribution in [2.24, 2.45) is 0 Å². The summed E-state index contributed by atoms with van der Waals surface area (Å²) in [4.78, 5) is 35.3. The van der Waals surface area contributed by atoms with E-state index >= 15 is 0 Å². The summed E-state index contributed by atoms with van der Waals surface area (Å²) in [7, 11) is 0. The average molecular weight is 408 g/mol. The first-order chi connectivity index (χ1) is 14.3. The molecule has 0 aliphatic rings. The van der Waals surface area contributed by atoms with Crippen LogP contribution in [0.25, 0.3) is 5.69 Å². The van der Waals surface area contributed by atoms with Crippen LogP contribution in [0.5, 0.6) is 0 Å². The second kappa shape index (κ2) is 8.56. The number of aryl methyl sites for hydroxylation is 1. The normalized spacial score (nSPS) is 10.5. The van der Waals surface area contributed by atoms with E-state index in [-0.39, 0.29) is 17.9 Å². The molecule has 0 saturated heterocycles. The number of nitro groups is 1. The van der Waals surface area contributed by atoms with Crippen LogP contribution in [-0.2, 0) is 4.74 Å². The maximum absolute atomic E-state index is 12.6. The summed E-state index contributed by atoms with van der Waals surface area (Å²) < 4.78 is 6.60. The lowest BCUT2D eigenvalue weighted by Gasteiger charge is -2.09. The number of esters is 1. The van der Waals surface area contributed by atoms with Crippen molar-refractivity contribution < 1.29 is 19.2 Å². The molecule has 0 saturated carbocycles. The summed E-state index contributed by atoms with van der Waals surface area (Å²) in [6.45, 7) is 5.35. The van der Waals surface area contributed by atoms with E-state index in [2.05, 4.69) is 10.4 Å². The maximum atomic E-state index is 12.6. The van der Waals surface area contributed by atoms with Gasteiger partial charge in [-0.05, 0) is 51.1 Å². The Morgan fingerprint density at radius 3 is 2.47 bits per heavy atom. The molecule has 0 bridgehead atoms. The molecule has 3 rings (SSSR count). The average Bonchev–Trinajstić information content (AvgIpc) is 3.09. The minimum atomic E-state index is -0.571. The minimum absolute atomic E-state index is 0.00826. The molecular weight excluding hydrogens is 388 g/mol. The van der Waals surface area contributed by atoms with Gasteiger partial charge in [0.05, 0.1) is 29.1 Å². The van der Waals surface area contributed by atoms with Gasteiger partial charge in [-0.25, -0.2) is 9.48 Å². The Morgan fingerprint density at radius 2 is 1.83 bits per heavy atom. The number of nitrogens with zero attached hydrogens (tertiary/aromatic N) is 3. The van der Waals surface area contributed by atoms with E-state index in [9.17, 15) is 19.7 Å². The highest BCUT2D eigenvalue weighted by Gasteiger charge is 2.22. The topological polar surface area (TPSA) is 116 Å². The van der Waals surface area contributed by atoms with Crippen LogP contribution in [0, 0.1) is 24.0 Å². The van der Waals surface area contributed by atoms with Crippen molar-refractivity contribution in [1.29, 1.82) is 0 Å². The highest BCUT2D eigenvalue weighted by molar-refractivity contribution is 6.07. The highest BCUT2D eigenvalue weighted by atomic mass is 16.6. The van der Waals surface area contributed by atoms with Crippen molar-refractivity contribution >= 4 is 23.3 Å². The Bertz CT molecular complexity index is 1120. The third-order valence-corrected chi connectivity index (χ3v) is 4.54. The zero-order valence-electron chi connectivity index (χ0n) is 16.7.